The lowest BCUT2D eigenvalue weighted by Gasteiger charge is -2.09. The molecule has 0 amide bonds. The van der Waals surface area contributed by atoms with Crippen molar-refractivity contribution in [1.82, 2.24) is 4.98 Å². The van der Waals surface area contributed by atoms with Crippen LogP contribution in [0.5, 0.6) is 0 Å². The minimum atomic E-state index is -3.65. The van der Waals surface area contributed by atoms with Gasteiger partial charge in [-0.15, -0.1) is 0 Å². The van der Waals surface area contributed by atoms with Crippen LogP contribution in [-0.4, -0.2) is 13.4 Å². The Bertz CT molecular complexity index is 910. The number of nitrogens with zero attached hydrogens (tertiary/aromatic N) is 1. The molecule has 0 aliphatic heterocycles. The maximum absolute atomic E-state index is 12.4. The van der Waals surface area contributed by atoms with E-state index in [0.29, 0.717) is 10.3 Å². The van der Waals surface area contributed by atoms with Gasteiger partial charge in [-0.25, -0.2) is 13.4 Å². The smallest absolute Gasteiger partial charge is 0.262 e. The van der Waals surface area contributed by atoms with Crippen LogP contribution in [0.3, 0.4) is 0 Å². The van der Waals surface area contributed by atoms with E-state index in [1.54, 1.807) is 36.5 Å². The number of benzene rings is 2. The number of halogens is 1. The number of sulfonamides is 1. The Kier molecular flexibility index (Phi) is 3.65. The van der Waals surface area contributed by atoms with Crippen LogP contribution in [-0.2, 0) is 10.0 Å². The number of pyridine rings is 1. The molecule has 0 aliphatic rings. The van der Waals surface area contributed by atoms with Crippen LogP contribution >= 0.6 is 15.9 Å². The molecular weight excluding hydrogens is 352 g/mol. The van der Waals surface area contributed by atoms with Crippen LogP contribution in [0.4, 0.5) is 5.69 Å². The van der Waals surface area contributed by atoms with Crippen molar-refractivity contribution < 1.29 is 8.42 Å². The van der Waals surface area contributed by atoms with Gasteiger partial charge >= 0.3 is 0 Å². The van der Waals surface area contributed by atoms with Gasteiger partial charge in [-0.3, -0.25) is 4.72 Å². The van der Waals surface area contributed by atoms with Crippen molar-refractivity contribution in [3.63, 3.8) is 0 Å². The van der Waals surface area contributed by atoms with E-state index >= 15 is 0 Å². The van der Waals surface area contributed by atoms with Crippen LogP contribution in [0.2, 0.25) is 0 Å². The summed E-state index contributed by atoms with van der Waals surface area (Å²) in [5, 5.41) is 1.88. The SMILES string of the molecule is O=S(=O)(Nc1cccnc1Br)c1ccc2ccccc2c1. The molecule has 0 bridgehead atoms. The molecule has 3 rings (SSSR count). The molecule has 0 atom stereocenters. The maximum atomic E-state index is 12.4. The highest BCUT2D eigenvalue weighted by Crippen LogP contribution is 2.24. The summed E-state index contributed by atoms with van der Waals surface area (Å²) in [6, 6.07) is 16.0. The summed E-state index contributed by atoms with van der Waals surface area (Å²) in [5.74, 6) is 0. The van der Waals surface area contributed by atoms with Gasteiger partial charge in [-0.05, 0) is 51.0 Å². The minimum absolute atomic E-state index is 0.219. The van der Waals surface area contributed by atoms with E-state index in [4.69, 9.17) is 0 Å². The molecule has 0 spiro atoms. The summed E-state index contributed by atoms with van der Waals surface area (Å²) >= 11 is 3.22. The van der Waals surface area contributed by atoms with Crippen LogP contribution in [0.1, 0.15) is 0 Å². The molecule has 6 heteroatoms. The first-order valence-corrected chi connectivity index (χ1v) is 8.46. The number of rotatable bonds is 3. The van der Waals surface area contributed by atoms with Gasteiger partial charge in [0.25, 0.3) is 10.0 Å². The molecule has 1 N–H and O–H groups in total. The van der Waals surface area contributed by atoms with E-state index in [-0.39, 0.29) is 4.90 Å². The predicted octanol–water partition coefficient (Wildman–Crippen LogP) is 3.80. The van der Waals surface area contributed by atoms with E-state index in [1.165, 1.54) is 0 Å². The lowest BCUT2D eigenvalue weighted by molar-refractivity contribution is 0.601. The number of aromatic nitrogens is 1. The number of fused-ring (bicyclic) bond motifs is 1. The van der Waals surface area contributed by atoms with Gasteiger partial charge in [0.1, 0.15) is 4.60 Å². The van der Waals surface area contributed by atoms with Gasteiger partial charge in [-0.2, -0.15) is 0 Å². The number of hydrogen-bond acceptors (Lipinski definition) is 3. The third-order valence-electron chi connectivity index (χ3n) is 3.03. The third-order valence-corrected chi connectivity index (χ3v) is 5.03. The van der Waals surface area contributed by atoms with E-state index in [9.17, 15) is 8.42 Å². The first-order chi connectivity index (χ1) is 10.1. The van der Waals surface area contributed by atoms with Crippen LogP contribution in [0.25, 0.3) is 10.8 Å². The molecule has 106 valence electrons. The fourth-order valence-corrected chi connectivity index (χ4v) is 3.58. The Morgan fingerprint density at radius 3 is 2.48 bits per heavy atom. The summed E-state index contributed by atoms with van der Waals surface area (Å²) in [6.45, 7) is 0. The predicted molar refractivity (Wildman–Crippen MR) is 86.7 cm³/mol. The Morgan fingerprint density at radius 2 is 1.71 bits per heavy atom. The quantitative estimate of drug-likeness (QED) is 0.720. The topological polar surface area (TPSA) is 59.1 Å². The molecule has 3 aromatic rings. The van der Waals surface area contributed by atoms with Gasteiger partial charge < -0.3 is 0 Å². The summed E-state index contributed by atoms with van der Waals surface area (Å²) in [6.07, 6.45) is 1.58. The zero-order chi connectivity index (χ0) is 14.9. The molecule has 0 fully saturated rings. The van der Waals surface area contributed by atoms with Crippen LogP contribution < -0.4 is 4.72 Å². The third kappa shape index (κ3) is 2.91. The average molecular weight is 363 g/mol. The van der Waals surface area contributed by atoms with Crippen molar-refractivity contribution in [3.05, 3.63) is 65.4 Å². The second-order valence-electron chi connectivity index (χ2n) is 4.46. The molecule has 21 heavy (non-hydrogen) atoms. The lowest BCUT2D eigenvalue weighted by Crippen LogP contribution is -2.13. The second-order valence-corrected chi connectivity index (χ2v) is 6.89. The molecule has 2 aromatic carbocycles. The summed E-state index contributed by atoms with van der Waals surface area (Å²) in [7, 11) is -3.65. The number of anilines is 1. The largest absolute Gasteiger partial charge is 0.277 e. The molecule has 0 unspecified atom stereocenters. The first kappa shape index (κ1) is 14.0. The van der Waals surface area contributed by atoms with Crippen molar-refractivity contribution in [2.45, 2.75) is 4.90 Å². The molecule has 0 aliphatic carbocycles. The summed E-state index contributed by atoms with van der Waals surface area (Å²) in [5.41, 5.74) is 0.408. The Balaban J connectivity index is 2.02. The van der Waals surface area contributed by atoms with E-state index < -0.39 is 10.0 Å². The zero-order valence-electron chi connectivity index (χ0n) is 10.8. The first-order valence-electron chi connectivity index (χ1n) is 6.18. The fraction of sp³-hybridized carbons (Fsp3) is 0. The van der Waals surface area contributed by atoms with Gasteiger partial charge in [-0.1, -0.05) is 30.3 Å². The highest BCUT2D eigenvalue weighted by molar-refractivity contribution is 9.10. The molecule has 0 saturated heterocycles. The lowest BCUT2D eigenvalue weighted by atomic mass is 10.1. The molecule has 1 heterocycles. The van der Waals surface area contributed by atoms with Crippen molar-refractivity contribution in [2.24, 2.45) is 0 Å². The van der Waals surface area contributed by atoms with Gasteiger partial charge in [0.15, 0.2) is 0 Å². The van der Waals surface area contributed by atoms with Crippen LogP contribution in [0, 0.1) is 0 Å². The normalized spacial score (nSPS) is 11.5. The monoisotopic (exact) mass is 362 g/mol. The van der Waals surface area contributed by atoms with E-state index in [1.807, 2.05) is 24.3 Å². The van der Waals surface area contributed by atoms with Gasteiger partial charge in [0.2, 0.25) is 0 Å². The van der Waals surface area contributed by atoms with Gasteiger partial charge in [0, 0.05) is 6.20 Å². The minimum Gasteiger partial charge on any atom is -0.277 e. The molecule has 1 aromatic heterocycles. The summed E-state index contributed by atoms with van der Waals surface area (Å²) in [4.78, 5) is 4.22. The molecule has 4 nitrogen and oxygen atoms in total. The second kappa shape index (κ2) is 5.46. The zero-order valence-corrected chi connectivity index (χ0v) is 13.2. The molecule has 0 radical (unpaired) electrons. The Morgan fingerprint density at radius 1 is 0.952 bits per heavy atom. The maximum Gasteiger partial charge on any atom is 0.262 e. The Hall–Kier alpha value is -1.92. The number of hydrogen-bond donors (Lipinski definition) is 1. The van der Waals surface area contributed by atoms with Crippen LogP contribution in [0.15, 0.2) is 70.3 Å². The van der Waals surface area contributed by atoms with E-state index in [0.717, 1.165) is 10.8 Å². The summed E-state index contributed by atoms with van der Waals surface area (Å²) < 4.78 is 27.9. The highest BCUT2D eigenvalue weighted by Gasteiger charge is 2.16. The Labute approximate surface area is 131 Å². The van der Waals surface area contributed by atoms with Crippen molar-refractivity contribution in [1.29, 1.82) is 0 Å². The average Bonchev–Trinajstić information content (AvgIpc) is 2.49. The molecule has 0 saturated carbocycles. The highest BCUT2D eigenvalue weighted by atomic mass is 79.9. The molecular formula is C15H11BrN2O2S. The van der Waals surface area contributed by atoms with E-state index in [2.05, 4.69) is 25.6 Å². The van der Waals surface area contributed by atoms with Crippen molar-refractivity contribution in [3.8, 4) is 0 Å². The number of nitrogens with one attached hydrogen (secondary N) is 1. The van der Waals surface area contributed by atoms with Crippen molar-refractivity contribution in [2.75, 3.05) is 4.72 Å². The van der Waals surface area contributed by atoms with Gasteiger partial charge in [0.05, 0.1) is 10.6 Å². The van der Waals surface area contributed by atoms with Crippen molar-refractivity contribution >= 4 is 42.4 Å². The fourth-order valence-electron chi connectivity index (χ4n) is 2.00. The standard InChI is InChI=1S/C15H11BrN2O2S/c16-15-14(6-3-9-17-15)18-21(19,20)13-8-7-11-4-1-2-5-12(11)10-13/h1-10,18H.